The van der Waals surface area contributed by atoms with Crippen LogP contribution in [0.15, 0.2) is 30.8 Å². The Balaban J connectivity index is 1.77. The van der Waals surface area contributed by atoms with Crippen LogP contribution in [0.25, 0.3) is 5.57 Å². The fourth-order valence-electron chi connectivity index (χ4n) is 5.47. The molecule has 1 nitrogen and oxygen atoms in total. The summed E-state index contributed by atoms with van der Waals surface area (Å²) in [5.74, 6) is 2.08. The standard InChI is InChI=1S/C19H24O/c1-12-11-16-15(14-6-4-3-5-13(12)14)9-10-19(2)17(16)7-8-18(19)20/h3-6,15-18,20H,1,7-11H2,2H3. The zero-order valence-corrected chi connectivity index (χ0v) is 12.3. The van der Waals surface area contributed by atoms with Crippen LogP contribution in [0, 0.1) is 17.3 Å². The molecule has 1 heteroatoms. The van der Waals surface area contributed by atoms with Gasteiger partial charge in [-0.2, -0.15) is 0 Å². The summed E-state index contributed by atoms with van der Waals surface area (Å²) in [6, 6.07) is 8.86. The zero-order valence-electron chi connectivity index (χ0n) is 12.3. The van der Waals surface area contributed by atoms with Crippen molar-refractivity contribution in [1.82, 2.24) is 0 Å². The molecule has 20 heavy (non-hydrogen) atoms. The van der Waals surface area contributed by atoms with E-state index in [-0.39, 0.29) is 11.5 Å². The van der Waals surface area contributed by atoms with Gasteiger partial charge in [0.2, 0.25) is 0 Å². The Morgan fingerprint density at radius 2 is 2.00 bits per heavy atom. The molecule has 4 rings (SSSR count). The lowest BCUT2D eigenvalue weighted by Crippen LogP contribution is -2.43. The molecule has 0 saturated heterocycles. The highest BCUT2D eigenvalue weighted by Crippen LogP contribution is 2.61. The summed E-state index contributed by atoms with van der Waals surface area (Å²) in [5.41, 5.74) is 4.40. The Kier molecular flexibility index (Phi) is 2.66. The number of fused-ring (bicyclic) bond motifs is 5. The highest BCUT2D eigenvalue weighted by Gasteiger charge is 2.54. The van der Waals surface area contributed by atoms with E-state index in [0.717, 1.165) is 12.8 Å². The molecule has 0 heterocycles. The molecule has 3 aliphatic rings. The van der Waals surface area contributed by atoms with Gasteiger partial charge in [-0.25, -0.2) is 0 Å². The van der Waals surface area contributed by atoms with Gasteiger partial charge >= 0.3 is 0 Å². The molecule has 5 atom stereocenters. The van der Waals surface area contributed by atoms with Crippen LogP contribution in [0.2, 0.25) is 0 Å². The van der Waals surface area contributed by atoms with Crippen LogP contribution in [0.5, 0.6) is 0 Å². The molecule has 2 fully saturated rings. The number of rotatable bonds is 0. The van der Waals surface area contributed by atoms with Crippen LogP contribution < -0.4 is 0 Å². The van der Waals surface area contributed by atoms with E-state index in [0.29, 0.717) is 17.8 Å². The topological polar surface area (TPSA) is 20.2 Å². The van der Waals surface area contributed by atoms with Gasteiger partial charge in [-0.3, -0.25) is 0 Å². The predicted molar refractivity (Wildman–Crippen MR) is 82.4 cm³/mol. The first-order chi connectivity index (χ1) is 9.61. The van der Waals surface area contributed by atoms with Gasteiger partial charge in [0.15, 0.2) is 0 Å². The lowest BCUT2D eigenvalue weighted by atomic mass is 9.55. The molecule has 5 unspecified atom stereocenters. The van der Waals surface area contributed by atoms with Gasteiger partial charge in [-0.05, 0) is 72.0 Å². The summed E-state index contributed by atoms with van der Waals surface area (Å²) < 4.78 is 0. The molecule has 2 saturated carbocycles. The van der Waals surface area contributed by atoms with Crippen molar-refractivity contribution in [3.05, 3.63) is 42.0 Å². The van der Waals surface area contributed by atoms with E-state index in [1.165, 1.54) is 36.0 Å². The molecule has 0 spiro atoms. The Bertz CT molecular complexity index is 561. The van der Waals surface area contributed by atoms with E-state index < -0.39 is 0 Å². The fourth-order valence-corrected chi connectivity index (χ4v) is 5.47. The summed E-state index contributed by atoms with van der Waals surface area (Å²) in [4.78, 5) is 0. The zero-order chi connectivity index (χ0) is 13.9. The molecular weight excluding hydrogens is 244 g/mol. The molecule has 3 aliphatic carbocycles. The molecule has 0 aliphatic heterocycles. The average Bonchev–Trinajstić information content (AvgIpc) is 2.76. The highest BCUT2D eigenvalue weighted by molar-refractivity contribution is 5.69. The minimum atomic E-state index is -0.0844. The van der Waals surface area contributed by atoms with Crippen molar-refractivity contribution in [3.8, 4) is 0 Å². The molecule has 0 bridgehead atoms. The maximum absolute atomic E-state index is 10.4. The molecular formula is C19H24O. The molecule has 1 aromatic rings. The van der Waals surface area contributed by atoms with E-state index >= 15 is 0 Å². The van der Waals surface area contributed by atoms with Crippen LogP contribution in [-0.4, -0.2) is 11.2 Å². The van der Waals surface area contributed by atoms with Crippen LogP contribution in [0.4, 0.5) is 0 Å². The second-order valence-electron chi connectivity index (χ2n) is 7.41. The summed E-state index contributed by atoms with van der Waals surface area (Å²) >= 11 is 0. The Labute approximate surface area is 121 Å². The van der Waals surface area contributed by atoms with Crippen molar-refractivity contribution in [2.45, 2.75) is 51.0 Å². The lowest BCUT2D eigenvalue weighted by molar-refractivity contribution is -0.0183. The monoisotopic (exact) mass is 268 g/mol. The summed E-state index contributed by atoms with van der Waals surface area (Å²) in [7, 11) is 0. The van der Waals surface area contributed by atoms with Gasteiger partial charge in [0.05, 0.1) is 6.10 Å². The molecule has 106 valence electrons. The third kappa shape index (κ3) is 1.53. The molecule has 1 N–H and O–H groups in total. The largest absolute Gasteiger partial charge is 0.393 e. The van der Waals surface area contributed by atoms with Crippen LogP contribution in [0.3, 0.4) is 0 Å². The van der Waals surface area contributed by atoms with E-state index in [9.17, 15) is 5.11 Å². The number of allylic oxidation sites excluding steroid dienone is 1. The van der Waals surface area contributed by atoms with Crippen molar-refractivity contribution in [1.29, 1.82) is 0 Å². The third-order valence-electron chi connectivity index (χ3n) is 6.61. The minimum Gasteiger partial charge on any atom is -0.393 e. The van der Waals surface area contributed by atoms with Crippen molar-refractivity contribution in [2.75, 3.05) is 0 Å². The second kappa shape index (κ2) is 4.21. The lowest BCUT2D eigenvalue weighted by Gasteiger charge is -2.50. The normalized spacial score (nSPS) is 42.8. The first kappa shape index (κ1) is 12.6. The van der Waals surface area contributed by atoms with Crippen molar-refractivity contribution < 1.29 is 5.11 Å². The van der Waals surface area contributed by atoms with E-state index in [1.54, 1.807) is 0 Å². The molecule has 1 aromatic carbocycles. The van der Waals surface area contributed by atoms with Gasteiger partial charge in [0.25, 0.3) is 0 Å². The van der Waals surface area contributed by atoms with E-state index in [4.69, 9.17) is 0 Å². The number of benzene rings is 1. The number of aliphatic hydroxyl groups excluding tert-OH is 1. The van der Waals surface area contributed by atoms with Gasteiger partial charge < -0.3 is 5.11 Å². The fraction of sp³-hybridized carbons (Fsp3) is 0.579. The van der Waals surface area contributed by atoms with E-state index in [2.05, 4.69) is 37.8 Å². The van der Waals surface area contributed by atoms with Crippen LogP contribution in [-0.2, 0) is 0 Å². The predicted octanol–water partition coefficient (Wildman–Crippen LogP) is 4.37. The first-order valence-electron chi connectivity index (χ1n) is 8.06. The third-order valence-corrected chi connectivity index (χ3v) is 6.61. The van der Waals surface area contributed by atoms with Gasteiger partial charge in [-0.1, -0.05) is 37.8 Å². The van der Waals surface area contributed by atoms with Crippen LogP contribution in [0.1, 0.15) is 56.1 Å². The SMILES string of the molecule is C=C1CC2C(CCC3(C)C(O)CCC23)c2ccccc21. The number of aliphatic hydroxyl groups is 1. The number of hydrogen-bond acceptors (Lipinski definition) is 1. The Morgan fingerprint density at radius 3 is 2.85 bits per heavy atom. The van der Waals surface area contributed by atoms with Crippen molar-refractivity contribution in [2.24, 2.45) is 17.3 Å². The maximum atomic E-state index is 10.4. The molecule has 0 amide bonds. The Morgan fingerprint density at radius 1 is 1.20 bits per heavy atom. The second-order valence-corrected chi connectivity index (χ2v) is 7.41. The summed E-state index contributed by atoms with van der Waals surface area (Å²) in [5, 5.41) is 10.4. The Hall–Kier alpha value is -1.08. The maximum Gasteiger partial charge on any atom is 0.0596 e. The van der Waals surface area contributed by atoms with Gasteiger partial charge in [0.1, 0.15) is 0 Å². The summed E-state index contributed by atoms with van der Waals surface area (Å²) in [6.07, 6.45) is 5.67. The minimum absolute atomic E-state index is 0.0844. The first-order valence-corrected chi connectivity index (χ1v) is 8.06. The van der Waals surface area contributed by atoms with E-state index in [1.807, 2.05) is 0 Å². The quantitative estimate of drug-likeness (QED) is 0.740. The highest BCUT2D eigenvalue weighted by atomic mass is 16.3. The van der Waals surface area contributed by atoms with Gasteiger partial charge in [-0.15, -0.1) is 0 Å². The van der Waals surface area contributed by atoms with Crippen molar-refractivity contribution in [3.63, 3.8) is 0 Å². The molecule has 0 radical (unpaired) electrons. The van der Waals surface area contributed by atoms with Crippen LogP contribution >= 0.6 is 0 Å². The molecule has 0 aromatic heterocycles. The smallest absolute Gasteiger partial charge is 0.0596 e. The average molecular weight is 268 g/mol. The van der Waals surface area contributed by atoms with Gasteiger partial charge in [0, 0.05) is 0 Å². The van der Waals surface area contributed by atoms with Crippen molar-refractivity contribution >= 4 is 5.57 Å². The number of hydrogen-bond donors (Lipinski definition) is 1. The summed E-state index contributed by atoms with van der Waals surface area (Å²) in [6.45, 7) is 6.67.